The summed E-state index contributed by atoms with van der Waals surface area (Å²) in [7, 11) is 0. The van der Waals surface area contributed by atoms with Crippen molar-refractivity contribution >= 4 is 27.9 Å². The van der Waals surface area contributed by atoms with Crippen molar-refractivity contribution in [2.45, 2.75) is 26.3 Å². The third-order valence-corrected chi connectivity index (χ3v) is 4.36. The van der Waals surface area contributed by atoms with Crippen LogP contribution in [0.4, 0.5) is 4.79 Å². The Hall–Kier alpha value is -1.56. The number of benzene rings is 1. The maximum Gasteiger partial charge on any atom is 0.317 e. The second-order valence-corrected chi connectivity index (χ2v) is 6.24. The van der Waals surface area contributed by atoms with E-state index in [9.17, 15) is 9.59 Å². The van der Waals surface area contributed by atoms with E-state index < -0.39 is 5.97 Å². The number of carbonyl (C=O) groups is 2. The predicted octanol–water partition coefficient (Wildman–Crippen LogP) is 2.76. The fourth-order valence-electron chi connectivity index (χ4n) is 2.47. The third kappa shape index (κ3) is 4.20. The normalized spacial score (nSPS) is 15.8. The lowest BCUT2D eigenvalue weighted by Gasteiger charge is -2.30. The van der Waals surface area contributed by atoms with Crippen molar-refractivity contribution in [3.63, 3.8) is 0 Å². The zero-order valence-corrected chi connectivity index (χ0v) is 13.5. The van der Waals surface area contributed by atoms with Crippen LogP contribution >= 0.6 is 15.9 Å². The Labute approximate surface area is 132 Å². The number of hydrogen-bond acceptors (Lipinski definition) is 2. The molecule has 0 atom stereocenters. The molecule has 1 aromatic rings. The van der Waals surface area contributed by atoms with E-state index in [-0.39, 0.29) is 11.9 Å². The van der Waals surface area contributed by atoms with Crippen molar-refractivity contribution in [3.8, 4) is 0 Å². The molecule has 2 N–H and O–H groups in total. The number of urea groups is 1. The van der Waals surface area contributed by atoms with E-state index in [1.54, 1.807) is 4.90 Å². The van der Waals surface area contributed by atoms with Gasteiger partial charge in [-0.15, -0.1) is 0 Å². The molecule has 1 aliphatic heterocycles. The molecule has 1 heterocycles. The van der Waals surface area contributed by atoms with Gasteiger partial charge in [-0.3, -0.25) is 4.79 Å². The number of piperidine rings is 1. The number of aryl methyl sites for hydroxylation is 1. The van der Waals surface area contributed by atoms with Gasteiger partial charge in [0.2, 0.25) is 0 Å². The number of hydrogen-bond donors (Lipinski definition) is 2. The van der Waals surface area contributed by atoms with Crippen molar-refractivity contribution in [2.24, 2.45) is 5.92 Å². The Morgan fingerprint density at radius 3 is 2.62 bits per heavy atom. The Balaban J connectivity index is 1.84. The average Bonchev–Trinajstić information content (AvgIpc) is 2.46. The van der Waals surface area contributed by atoms with Gasteiger partial charge in [-0.25, -0.2) is 4.79 Å². The van der Waals surface area contributed by atoms with Crippen LogP contribution in [0.5, 0.6) is 0 Å². The van der Waals surface area contributed by atoms with E-state index in [4.69, 9.17) is 5.11 Å². The lowest BCUT2D eigenvalue weighted by Crippen LogP contribution is -2.45. The van der Waals surface area contributed by atoms with Gasteiger partial charge >= 0.3 is 12.0 Å². The molecular formula is C15H19BrN2O3. The molecule has 0 radical (unpaired) electrons. The van der Waals surface area contributed by atoms with E-state index in [1.807, 2.05) is 25.1 Å². The zero-order valence-electron chi connectivity index (χ0n) is 11.9. The smallest absolute Gasteiger partial charge is 0.317 e. The van der Waals surface area contributed by atoms with E-state index in [1.165, 1.54) is 0 Å². The molecule has 21 heavy (non-hydrogen) atoms. The van der Waals surface area contributed by atoms with Crippen LogP contribution in [0, 0.1) is 12.8 Å². The largest absolute Gasteiger partial charge is 0.481 e. The molecule has 1 aliphatic rings. The van der Waals surface area contributed by atoms with Crippen LogP contribution in [0.2, 0.25) is 0 Å². The lowest BCUT2D eigenvalue weighted by atomic mass is 9.97. The van der Waals surface area contributed by atoms with E-state index in [0.29, 0.717) is 32.5 Å². The zero-order chi connectivity index (χ0) is 15.4. The summed E-state index contributed by atoms with van der Waals surface area (Å²) in [5.41, 5.74) is 2.20. The lowest BCUT2D eigenvalue weighted by molar-refractivity contribution is -0.143. The minimum absolute atomic E-state index is 0.124. The van der Waals surface area contributed by atoms with Crippen molar-refractivity contribution in [2.75, 3.05) is 13.1 Å². The number of nitrogens with one attached hydrogen (secondary N) is 1. The predicted molar refractivity (Wildman–Crippen MR) is 83.0 cm³/mol. The standard InChI is InChI=1S/C15H19BrN2O3/c1-10-8-13(16)3-2-12(10)9-17-15(21)18-6-4-11(5-7-18)14(19)20/h2-3,8,11H,4-7,9H2,1H3,(H,17,21)(H,19,20). The first-order chi connectivity index (χ1) is 9.97. The van der Waals surface area contributed by atoms with Crippen LogP contribution in [-0.4, -0.2) is 35.1 Å². The van der Waals surface area contributed by atoms with Gasteiger partial charge < -0.3 is 15.3 Å². The molecule has 5 nitrogen and oxygen atoms in total. The molecule has 0 aliphatic carbocycles. The highest BCUT2D eigenvalue weighted by Crippen LogP contribution is 2.18. The van der Waals surface area contributed by atoms with Gasteiger partial charge in [-0.2, -0.15) is 0 Å². The van der Waals surface area contributed by atoms with Crippen LogP contribution in [-0.2, 0) is 11.3 Å². The van der Waals surface area contributed by atoms with E-state index in [2.05, 4.69) is 21.2 Å². The van der Waals surface area contributed by atoms with Crippen LogP contribution in [0.25, 0.3) is 0 Å². The topological polar surface area (TPSA) is 69.6 Å². The van der Waals surface area contributed by atoms with Crippen molar-refractivity contribution < 1.29 is 14.7 Å². The maximum absolute atomic E-state index is 12.1. The van der Waals surface area contributed by atoms with Crippen LogP contribution in [0.3, 0.4) is 0 Å². The molecule has 114 valence electrons. The summed E-state index contributed by atoms with van der Waals surface area (Å²) in [6.45, 7) is 3.49. The Bertz CT molecular complexity index is 540. The number of rotatable bonds is 3. The summed E-state index contributed by atoms with van der Waals surface area (Å²) in [5.74, 6) is -1.08. The van der Waals surface area contributed by atoms with Crippen molar-refractivity contribution in [3.05, 3.63) is 33.8 Å². The SMILES string of the molecule is Cc1cc(Br)ccc1CNC(=O)N1CCC(C(=O)O)CC1. The first-order valence-electron chi connectivity index (χ1n) is 6.98. The molecule has 2 amide bonds. The number of carboxylic acids is 1. The summed E-state index contributed by atoms with van der Waals surface area (Å²) < 4.78 is 1.02. The number of carboxylic acid groups (broad SMARTS) is 1. The van der Waals surface area contributed by atoms with E-state index >= 15 is 0 Å². The summed E-state index contributed by atoms with van der Waals surface area (Å²) in [5, 5.41) is 11.8. The molecule has 0 spiro atoms. The fourth-order valence-corrected chi connectivity index (χ4v) is 2.95. The van der Waals surface area contributed by atoms with Gasteiger partial charge in [0.25, 0.3) is 0 Å². The van der Waals surface area contributed by atoms with Crippen molar-refractivity contribution in [1.82, 2.24) is 10.2 Å². The Morgan fingerprint density at radius 2 is 2.05 bits per heavy atom. The first kappa shape index (κ1) is 15.8. The Kier molecular flexibility index (Phi) is 5.22. The van der Waals surface area contributed by atoms with Gasteiger partial charge in [0, 0.05) is 24.1 Å². The highest BCUT2D eigenvalue weighted by atomic mass is 79.9. The quantitative estimate of drug-likeness (QED) is 0.876. The third-order valence-electron chi connectivity index (χ3n) is 3.87. The molecule has 0 unspecified atom stereocenters. The van der Waals surface area contributed by atoms with Gasteiger partial charge in [0.15, 0.2) is 0 Å². The number of likely N-dealkylation sites (tertiary alicyclic amines) is 1. The van der Waals surface area contributed by atoms with Gasteiger partial charge in [-0.1, -0.05) is 22.0 Å². The highest BCUT2D eigenvalue weighted by molar-refractivity contribution is 9.10. The summed E-state index contributed by atoms with van der Waals surface area (Å²) >= 11 is 3.41. The monoisotopic (exact) mass is 354 g/mol. The van der Waals surface area contributed by atoms with Crippen LogP contribution in [0.15, 0.2) is 22.7 Å². The van der Waals surface area contributed by atoms with Crippen LogP contribution in [0.1, 0.15) is 24.0 Å². The van der Waals surface area contributed by atoms with Crippen LogP contribution < -0.4 is 5.32 Å². The number of halogens is 1. The molecule has 0 bridgehead atoms. The minimum Gasteiger partial charge on any atom is -0.481 e. The molecule has 0 aromatic heterocycles. The molecule has 2 rings (SSSR count). The summed E-state index contributed by atoms with van der Waals surface area (Å²) in [6.07, 6.45) is 1.06. The second kappa shape index (κ2) is 6.93. The average molecular weight is 355 g/mol. The molecule has 1 saturated heterocycles. The van der Waals surface area contributed by atoms with E-state index in [0.717, 1.165) is 15.6 Å². The second-order valence-electron chi connectivity index (χ2n) is 5.33. The minimum atomic E-state index is -0.763. The van der Waals surface area contributed by atoms with Gasteiger partial charge in [-0.05, 0) is 43.0 Å². The molecular weight excluding hydrogens is 336 g/mol. The summed E-state index contributed by atoms with van der Waals surface area (Å²) in [6, 6.07) is 5.82. The molecule has 6 heteroatoms. The first-order valence-corrected chi connectivity index (χ1v) is 7.77. The number of nitrogens with zero attached hydrogens (tertiary/aromatic N) is 1. The number of aliphatic carboxylic acids is 1. The van der Waals surface area contributed by atoms with Gasteiger partial charge in [0.1, 0.15) is 0 Å². The molecule has 1 aromatic carbocycles. The fraction of sp³-hybridized carbons (Fsp3) is 0.467. The number of carbonyl (C=O) groups excluding carboxylic acids is 1. The number of amides is 2. The van der Waals surface area contributed by atoms with Crippen molar-refractivity contribution in [1.29, 1.82) is 0 Å². The van der Waals surface area contributed by atoms with Gasteiger partial charge in [0.05, 0.1) is 5.92 Å². The maximum atomic E-state index is 12.1. The molecule has 0 saturated carbocycles. The highest BCUT2D eigenvalue weighted by Gasteiger charge is 2.26. The molecule has 1 fully saturated rings. The summed E-state index contributed by atoms with van der Waals surface area (Å²) in [4.78, 5) is 24.7. The Morgan fingerprint density at radius 1 is 1.38 bits per heavy atom.